The Labute approximate surface area is 81.5 Å². The maximum absolute atomic E-state index is 11.7. The van der Waals surface area contributed by atoms with Gasteiger partial charge in [0.25, 0.3) is 7.37 Å². The fourth-order valence-electron chi connectivity index (χ4n) is 1.18. The van der Waals surface area contributed by atoms with E-state index in [1.807, 2.05) is 18.2 Å². The van der Waals surface area contributed by atoms with Gasteiger partial charge in [0, 0.05) is 0 Å². The monoisotopic (exact) mass is 217 g/mol. The Morgan fingerprint density at radius 1 is 1.54 bits per heavy atom. The van der Waals surface area contributed by atoms with Crippen molar-refractivity contribution in [1.29, 1.82) is 0 Å². The number of halogens is 1. The number of para-hydroxylation sites is 2. The highest BCUT2D eigenvalue weighted by atomic mass is 35.5. The Morgan fingerprint density at radius 3 is 3.08 bits per heavy atom. The Hall–Kier alpha value is -0.660. The van der Waals surface area contributed by atoms with Crippen LogP contribution in [0.2, 0.25) is 0 Å². The molecule has 1 aliphatic heterocycles. The van der Waals surface area contributed by atoms with E-state index in [1.165, 1.54) is 0 Å². The van der Waals surface area contributed by atoms with E-state index in [4.69, 9.17) is 16.1 Å². The normalized spacial score (nSPS) is 25.6. The van der Waals surface area contributed by atoms with Crippen LogP contribution in [0.1, 0.15) is 0 Å². The van der Waals surface area contributed by atoms with Gasteiger partial charge in [0.15, 0.2) is 0 Å². The number of rotatable bonds is 1. The van der Waals surface area contributed by atoms with Gasteiger partial charge < -0.3 is 9.84 Å². The highest BCUT2D eigenvalue weighted by molar-refractivity contribution is 7.61. The molecule has 1 unspecified atom stereocenters. The van der Waals surface area contributed by atoms with E-state index in [1.54, 1.807) is 6.07 Å². The first kappa shape index (κ1) is 8.92. The molecule has 1 aromatic carbocycles. The van der Waals surface area contributed by atoms with Crippen molar-refractivity contribution in [3.05, 3.63) is 24.3 Å². The number of fused-ring (bicyclic) bond motifs is 1. The van der Waals surface area contributed by atoms with Gasteiger partial charge in [-0.1, -0.05) is 12.1 Å². The van der Waals surface area contributed by atoms with Crippen LogP contribution in [-0.2, 0) is 4.57 Å². The number of hydrogen-bond donors (Lipinski definition) is 1. The molecule has 0 spiro atoms. The minimum atomic E-state index is -2.67. The maximum atomic E-state index is 11.7. The molecule has 3 nitrogen and oxygen atoms in total. The number of nitrogens with one attached hydrogen (secondary N) is 1. The fourth-order valence-corrected chi connectivity index (χ4v) is 2.70. The predicted octanol–water partition coefficient (Wildman–Crippen LogP) is 2.92. The lowest BCUT2D eigenvalue weighted by molar-refractivity contribution is 0.483. The SMILES string of the molecule is O=P1(CCl)CNc2ccccc2O1. The molecular formula is C8H9ClNO2P. The van der Waals surface area contributed by atoms with Crippen LogP contribution >= 0.6 is 19.0 Å². The van der Waals surface area contributed by atoms with Crippen molar-refractivity contribution in [2.75, 3.05) is 17.2 Å². The molecule has 1 aromatic rings. The molecule has 0 aromatic heterocycles. The van der Waals surface area contributed by atoms with Gasteiger partial charge in [0.1, 0.15) is 17.7 Å². The van der Waals surface area contributed by atoms with Gasteiger partial charge in [-0.05, 0) is 12.1 Å². The summed E-state index contributed by atoms with van der Waals surface area (Å²) >= 11 is 5.56. The Bertz CT molecular complexity index is 369. The lowest BCUT2D eigenvalue weighted by Gasteiger charge is -2.25. The van der Waals surface area contributed by atoms with E-state index in [2.05, 4.69) is 5.32 Å². The standard InChI is InChI=1S/C8H9ClNO2P/c9-5-13(11)6-10-7-3-1-2-4-8(7)12-13/h1-4,10H,5-6H2. The average molecular weight is 218 g/mol. The second-order valence-electron chi connectivity index (χ2n) is 2.86. The van der Waals surface area contributed by atoms with Crippen LogP contribution < -0.4 is 9.84 Å². The number of benzene rings is 1. The fraction of sp³-hybridized carbons (Fsp3) is 0.250. The largest absolute Gasteiger partial charge is 0.439 e. The molecule has 2 rings (SSSR count). The number of hydrogen-bond acceptors (Lipinski definition) is 3. The highest BCUT2D eigenvalue weighted by Gasteiger charge is 2.28. The third-order valence-electron chi connectivity index (χ3n) is 1.84. The summed E-state index contributed by atoms with van der Waals surface area (Å²) in [6.07, 6.45) is 0.313. The van der Waals surface area contributed by atoms with Crippen molar-refractivity contribution in [3.63, 3.8) is 0 Å². The number of alkyl halides is 1. The minimum Gasteiger partial charge on any atom is -0.439 e. The smallest absolute Gasteiger partial charge is 0.280 e. The van der Waals surface area contributed by atoms with Crippen molar-refractivity contribution < 1.29 is 9.09 Å². The van der Waals surface area contributed by atoms with E-state index in [9.17, 15) is 4.57 Å². The van der Waals surface area contributed by atoms with E-state index < -0.39 is 7.37 Å². The van der Waals surface area contributed by atoms with Crippen LogP contribution in [0.4, 0.5) is 5.69 Å². The summed E-state index contributed by atoms with van der Waals surface area (Å²) in [5, 5.41) is 3.03. The molecule has 0 bridgehead atoms. The first-order valence-corrected chi connectivity index (χ1v) is 6.43. The topological polar surface area (TPSA) is 38.3 Å². The molecule has 13 heavy (non-hydrogen) atoms. The quantitative estimate of drug-likeness (QED) is 0.581. The van der Waals surface area contributed by atoms with Gasteiger partial charge >= 0.3 is 0 Å². The molecule has 1 heterocycles. The van der Waals surface area contributed by atoms with Crippen LogP contribution in [0.25, 0.3) is 0 Å². The minimum absolute atomic E-state index is 0.0499. The first-order chi connectivity index (χ1) is 6.23. The molecule has 0 fully saturated rings. The molecule has 70 valence electrons. The Morgan fingerprint density at radius 2 is 2.31 bits per heavy atom. The second-order valence-corrected chi connectivity index (χ2v) is 5.94. The zero-order valence-corrected chi connectivity index (χ0v) is 8.52. The molecule has 0 saturated carbocycles. The molecule has 0 saturated heterocycles. The molecular weight excluding hydrogens is 209 g/mol. The third-order valence-corrected chi connectivity index (χ3v) is 4.47. The predicted molar refractivity (Wildman–Crippen MR) is 53.9 cm³/mol. The summed E-state index contributed by atoms with van der Waals surface area (Å²) in [5.41, 5.74) is 0.924. The second kappa shape index (κ2) is 3.24. The number of anilines is 1. The summed E-state index contributed by atoms with van der Waals surface area (Å²) in [7, 11) is -2.67. The lowest BCUT2D eigenvalue weighted by Crippen LogP contribution is -2.14. The van der Waals surface area contributed by atoms with E-state index in [0.717, 1.165) is 5.69 Å². The summed E-state index contributed by atoms with van der Waals surface area (Å²) in [6, 6.07) is 7.39. The van der Waals surface area contributed by atoms with Crippen molar-refractivity contribution in [2.45, 2.75) is 0 Å². The molecule has 0 aliphatic carbocycles. The summed E-state index contributed by atoms with van der Waals surface area (Å²) in [4.78, 5) is 0. The molecule has 0 amide bonds. The highest BCUT2D eigenvalue weighted by Crippen LogP contribution is 2.52. The summed E-state index contributed by atoms with van der Waals surface area (Å²) in [6.45, 7) is 0. The van der Waals surface area contributed by atoms with Crippen LogP contribution in [0.3, 0.4) is 0 Å². The van der Waals surface area contributed by atoms with Crippen molar-refractivity contribution in [3.8, 4) is 5.75 Å². The van der Waals surface area contributed by atoms with Gasteiger partial charge in [-0.15, -0.1) is 11.6 Å². The van der Waals surface area contributed by atoms with Gasteiger partial charge in [-0.2, -0.15) is 0 Å². The lowest BCUT2D eigenvalue weighted by atomic mass is 10.3. The van der Waals surface area contributed by atoms with Gasteiger partial charge in [0.2, 0.25) is 0 Å². The van der Waals surface area contributed by atoms with Crippen LogP contribution in [0, 0.1) is 0 Å². The van der Waals surface area contributed by atoms with Crippen LogP contribution in [0.15, 0.2) is 24.3 Å². The first-order valence-electron chi connectivity index (χ1n) is 3.90. The molecule has 1 atom stereocenters. The molecule has 1 N–H and O–H groups in total. The summed E-state index contributed by atoms with van der Waals surface area (Å²) in [5.74, 6) is 0.623. The van der Waals surface area contributed by atoms with E-state index >= 15 is 0 Å². The van der Waals surface area contributed by atoms with Crippen molar-refractivity contribution >= 4 is 24.7 Å². The zero-order valence-electron chi connectivity index (χ0n) is 6.87. The molecule has 1 aliphatic rings. The zero-order chi connectivity index (χ0) is 9.31. The third kappa shape index (κ3) is 1.67. The van der Waals surface area contributed by atoms with Gasteiger partial charge in [0.05, 0.1) is 5.69 Å². The van der Waals surface area contributed by atoms with Gasteiger partial charge in [-0.3, -0.25) is 4.57 Å². The Kier molecular flexibility index (Phi) is 2.22. The van der Waals surface area contributed by atoms with Crippen LogP contribution in [0.5, 0.6) is 5.75 Å². The van der Waals surface area contributed by atoms with Gasteiger partial charge in [-0.25, -0.2) is 0 Å². The van der Waals surface area contributed by atoms with Crippen molar-refractivity contribution in [2.24, 2.45) is 0 Å². The average Bonchev–Trinajstić information content (AvgIpc) is 2.18. The summed E-state index contributed by atoms with van der Waals surface area (Å²) < 4.78 is 17.1. The van der Waals surface area contributed by atoms with E-state index in [-0.39, 0.29) is 5.62 Å². The van der Waals surface area contributed by atoms with Crippen molar-refractivity contribution in [1.82, 2.24) is 0 Å². The van der Waals surface area contributed by atoms with E-state index in [0.29, 0.717) is 12.0 Å². The molecule has 5 heteroatoms. The Balaban J connectivity index is 2.35. The maximum Gasteiger partial charge on any atom is 0.280 e. The van der Waals surface area contributed by atoms with Crippen LogP contribution in [-0.4, -0.2) is 11.9 Å². The molecule has 0 radical (unpaired) electrons.